The van der Waals surface area contributed by atoms with Crippen LogP contribution in [0.25, 0.3) is 6.08 Å². The summed E-state index contributed by atoms with van der Waals surface area (Å²) in [7, 11) is 1.91. The van der Waals surface area contributed by atoms with E-state index < -0.39 is 0 Å². The van der Waals surface area contributed by atoms with Gasteiger partial charge in [0.1, 0.15) is 5.69 Å². The highest BCUT2D eigenvalue weighted by atomic mass is 32.1. The van der Waals surface area contributed by atoms with Crippen LogP contribution < -0.4 is 5.32 Å². The van der Waals surface area contributed by atoms with Crippen LogP contribution in [0.1, 0.15) is 41.5 Å². The first-order valence-corrected chi connectivity index (χ1v) is 10.4. The summed E-state index contributed by atoms with van der Waals surface area (Å²) in [4.78, 5) is 28.1. The van der Waals surface area contributed by atoms with E-state index in [1.54, 1.807) is 24.7 Å². The van der Waals surface area contributed by atoms with Crippen LogP contribution in [0.3, 0.4) is 0 Å². The zero-order valence-electron chi connectivity index (χ0n) is 16.7. The molecule has 4 heterocycles. The van der Waals surface area contributed by atoms with Gasteiger partial charge in [0.15, 0.2) is 10.9 Å². The van der Waals surface area contributed by atoms with Crippen molar-refractivity contribution in [1.29, 1.82) is 0 Å². The highest BCUT2D eigenvalue weighted by Crippen LogP contribution is 2.35. The minimum absolute atomic E-state index is 0.0268. The first-order valence-electron chi connectivity index (χ1n) is 9.51. The van der Waals surface area contributed by atoms with Crippen molar-refractivity contribution in [3.8, 4) is 0 Å². The molecular formula is C20H23N7OS. The van der Waals surface area contributed by atoms with Crippen molar-refractivity contribution in [1.82, 2.24) is 29.6 Å². The molecule has 3 aromatic rings. The van der Waals surface area contributed by atoms with Gasteiger partial charge in [-0.15, -0.1) is 11.3 Å². The molecule has 1 atom stereocenters. The van der Waals surface area contributed by atoms with Crippen LogP contribution in [-0.2, 0) is 11.8 Å². The largest absolute Gasteiger partial charge is 0.330 e. The van der Waals surface area contributed by atoms with Gasteiger partial charge in [-0.2, -0.15) is 5.10 Å². The van der Waals surface area contributed by atoms with Gasteiger partial charge >= 0.3 is 0 Å². The third-order valence-corrected chi connectivity index (χ3v) is 5.88. The molecule has 1 unspecified atom stereocenters. The highest BCUT2D eigenvalue weighted by Gasteiger charge is 2.32. The molecule has 9 heteroatoms. The van der Waals surface area contributed by atoms with Crippen molar-refractivity contribution in [2.45, 2.75) is 32.7 Å². The minimum atomic E-state index is -0.112. The van der Waals surface area contributed by atoms with Crippen molar-refractivity contribution in [2.24, 2.45) is 7.05 Å². The van der Waals surface area contributed by atoms with E-state index in [9.17, 15) is 4.79 Å². The molecule has 0 radical (unpaired) electrons. The first-order chi connectivity index (χ1) is 14.0. The van der Waals surface area contributed by atoms with Crippen LogP contribution in [0.4, 0.5) is 10.9 Å². The summed E-state index contributed by atoms with van der Waals surface area (Å²) in [6.07, 6.45) is 10.3. The lowest BCUT2D eigenvalue weighted by Gasteiger charge is -2.24. The van der Waals surface area contributed by atoms with Crippen molar-refractivity contribution in [3.05, 3.63) is 52.7 Å². The van der Waals surface area contributed by atoms with Crippen molar-refractivity contribution >= 4 is 34.3 Å². The molecule has 1 amide bonds. The quantitative estimate of drug-likeness (QED) is 0.650. The summed E-state index contributed by atoms with van der Waals surface area (Å²) >= 11 is 1.50. The number of nitrogens with one attached hydrogen (secondary N) is 1. The van der Waals surface area contributed by atoms with Crippen molar-refractivity contribution in [3.63, 3.8) is 0 Å². The average molecular weight is 410 g/mol. The molecule has 0 spiro atoms. The van der Waals surface area contributed by atoms with Crippen LogP contribution in [0, 0.1) is 13.8 Å². The number of aryl methyl sites for hydroxylation is 2. The predicted molar refractivity (Wildman–Crippen MR) is 113 cm³/mol. The van der Waals surface area contributed by atoms with Crippen LogP contribution in [0.2, 0.25) is 0 Å². The Kier molecular flexibility index (Phi) is 5.39. The second kappa shape index (κ2) is 8.12. The molecule has 0 bridgehead atoms. The Bertz CT molecular complexity index is 1040. The fourth-order valence-electron chi connectivity index (χ4n) is 3.67. The third-order valence-electron chi connectivity index (χ3n) is 5.19. The Hall–Kier alpha value is -3.07. The number of aromatic nitrogens is 5. The fraction of sp³-hybridized carbons (Fsp3) is 0.350. The molecule has 1 fully saturated rings. The Labute approximate surface area is 173 Å². The molecule has 4 rings (SSSR count). The molecule has 1 aliphatic heterocycles. The lowest BCUT2D eigenvalue weighted by molar-refractivity contribution is -0.126. The number of thiazole rings is 1. The van der Waals surface area contributed by atoms with Crippen LogP contribution in [0.5, 0.6) is 0 Å². The number of carbonyl (C=O) groups excluding carboxylic acids is 1. The van der Waals surface area contributed by atoms with Gasteiger partial charge < -0.3 is 10.2 Å². The van der Waals surface area contributed by atoms with E-state index in [1.807, 2.05) is 41.9 Å². The summed E-state index contributed by atoms with van der Waals surface area (Å²) in [5, 5.41) is 10.3. The Balaban J connectivity index is 1.57. The number of likely N-dealkylation sites (tertiary alicyclic amines) is 1. The lowest BCUT2D eigenvalue weighted by atomic mass is 10.1. The summed E-state index contributed by atoms with van der Waals surface area (Å²) in [5.74, 6) is 0.621. The number of hydrogen-bond donors (Lipinski definition) is 1. The topological polar surface area (TPSA) is 88.8 Å². The average Bonchev–Trinajstić information content (AvgIpc) is 3.44. The Morgan fingerprint density at radius 3 is 2.79 bits per heavy atom. The zero-order chi connectivity index (χ0) is 20.4. The SMILES string of the molecule is Cc1nn(C)c(C)c1/C=C/C(=O)N1CCCC1c1nccnc1Nc1nccs1. The summed E-state index contributed by atoms with van der Waals surface area (Å²) in [6.45, 7) is 4.65. The molecule has 3 aromatic heterocycles. The molecule has 1 aliphatic rings. The second-order valence-corrected chi connectivity index (χ2v) is 7.88. The monoisotopic (exact) mass is 409 g/mol. The van der Waals surface area contributed by atoms with Gasteiger partial charge in [-0.3, -0.25) is 14.5 Å². The van der Waals surface area contributed by atoms with Gasteiger partial charge in [0.05, 0.1) is 11.7 Å². The zero-order valence-corrected chi connectivity index (χ0v) is 17.5. The summed E-state index contributed by atoms with van der Waals surface area (Å²) in [5.41, 5.74) is 3.71. The van der Waals surface area contributed by atoms with E-state index in [1.165, 1.54) is 11.3 Å². The van der Waals surface area contributed by atoms with E-state index in [-0.39, 0.29) is 11.9 Å². The maximum Gasteiger partial charge on any atom is 0.247 e. The van der Waals surface area contributed by atoms with Crippen LogP contribution >= 0.6 is 11.3 Å². The number of nitrogens with zero attached hydrogens (tertiary/aromatic N) is 6. The van der Waals surface area contributed by atoms with Crippen LogP contribution in [-0.4, -0.2) is 42.1 Å². The number of rotatable bonds is 5. The van der Waals surface area contributed by atoms with Gasteiger partial charge in [0, 0.05) is 54.9 Å². The molecule has 1 saturated heterocycles. The molecule has 1 N–H and O–H groups in total. The van der Waals surface area contributed by atoms with E-state index in [2.05, 4.69) is 25.4 Å². The number of carbonyl (C=O) groups is 1. The van der Waals surface area contributed by atoms with Gasteiger partial charge in [0.2, 0.25) is 5.91 Å². The predicted octanol–water partition coefficient (Wildman–Crippen LogP) is 3.40. The molecule has 0 saturated carbocycles. The molecule has 29 heavy (non-hydrogen) atoms. The van der Waals surface area contributed by atoms with E-state index in [4.69, 9.17) is 0 Å². The maximum atomic E-state index is 13.0. The molecule has 0 aromatic carbocycles. The van der Waals surface area contributed by atoms with Gasteiger partial charge in [-0.25, -0.2) is 9.97 Å². The van der Waals surface area contributed by atoms with E-state index in [0.717, 1.165) is 40.6 Å². The Morgan fingerprint density at radius 1 is 1.24 bits per heavy atom. The van der Waals surface area contributed by atoms with Gasteiger partial charge in [-0.1, -0.05) is 0 Å². The lowest BCUT2D eigenvalue weighted by Crippen LogP contribution is -2.30. The van der Waals surface area contributed by atoms with Crippen molar-refractivity contribution < 1.29 is 4.79 Å². The number of hydrogen-bond acceptors (Lipinski definition) is 7. The van der Waals surface area contributed by atoms with Crippen LogP contribution in [0.15, 0.2) is 30.0 Å². The summed E-state index contributed by atoms with van der Waals surface area (Å²) < 4.78 is 1.83. The minimum Gasteiger partial charge on any atom is -0.330 e. The smallest absolute Gasteiger partial charge is 0.247 e. The third kappa shape index (κ3) is 3.91. The highest BCUT2D eigenvalue weighted by molar-refractivity contribution is 7.13. The Morgan fingerprint density at radius 2 is 2.07 bits per heavy atom. The maximum absolute atomic E-state index is 13.0. The van der Waals surface area contributed by atoms with Gasteiger partial charge in [0.25, 0.3) is 0 Å². The molecule has 150 valence electrons. The molecule has 0 aliphatic carbocycles. The number of amides is 1. The molecule has 8 nitrogen and oxygen atoms in total. The fourth-order valence-corrected chi connectivity index (χ4v) is 4.20. The first kappa shape index (κ1) is 19.3. The van der Waals surface area contributed by atoms with Gasteiger partial charge in [-0.05, 0) is 32.8 Å². The number of anilines is 2. The standard InChI is InChI=1S/C20H23N7OS/c1-13-15(14(2)26(3)25-13)6-7-17(28)27-11-4-5-16(27)18-19(22-9-8-21-18)24-20-23-10-12-29-20/h6-10,12,16H,4-5,11H2,1-3H3,(H,22,23,24)/b7-6+. The molecular weight excluding hydrogens is 386 g/mol. The van der Waals surface area contributed by atoms with E-state index >= 15 is 0 Å². The summed E-state index contributed by atoms with van der Waals surface area (Å²) in [6, 6.07) is -0.112. The second-order valence-electron chi connectivity index (χ2n) is 6.98. The normalized spacial score (nSPS) is 16.7. The van der Waals surface area contributed by atoms with Crippen molar-refractivity contribution in [2.75, 3.05) is 11.9 Å². The van der Waals surface area contributed by atoms with E-state index in [0.29, 0.717) is 12.4 Å².